The molecule has 0 radical (unpaired) electrons. The number of thioether (sulfide) groups is 2. The Hall–Kier alpha value is -0.190. The van der Waals surface area contributed by atoms with E-state index in [0.717, 1.165) is 4.24 Å². The summed E-state index contributed by atoms with van der Waals surface area (Å²) in [6.45, 7) is 0. The zero-order chi connectivity index (χ0) is 11.3. The van der Waals surface area contributed by atoms with E-state index in [1.165, 1.54) is 0 Å². The topological polar surface area (TPSA) is 17.1 Å². The summed E-state index contributed by atoms with van der Waals surface area (Å²) in [5.41, 5.74) is 0.713. The Morgan fingerprint density at radius 2 is 1.67 bits per heavy atom. The first-order valence-electron chi connectivity index (χ1n) is 4.28. The zero-order valence-electron chi connectivity index (χ0n) is 8.49. The Labute approximate surface area is 107 Å². The molecule has 0 spiro atoms. The first-order valence-corrected chi connectivity index (χ1v) is 7.52. The molecular formula is C11H11BrOS2. The van der Waals surface area contributed by atoms with E-state index in [9.17, 15) is 4.79 Å². The quantitative estimate of drug-likeness (QED) is 0.614. The van der Waals surface area contributed by atoms with Crippen LogP contribution in [0.2, 0.25) is 0 Å². The van der Waals surface area contributed by atoms with Crippen molar-refractivity contribution in [2.24, 2.45) is 0 Å². The molecule has 0 bridgehead atoms. The molecule has 0 aromatic heterocycles. The molecule has 0 amide bonds. The molecule has 1 rings (SSSR count). The van der Waals surface area contributed by atoms with Gasteiger partial charge in [-0.3, -0.25) is 4.79 Å². The molecule has 0 aliphatic carbocycles. The SMILES string of the molecule is CSC(SC)=C(Br)C(=O)c1ccccc1. The normalized spacial score (nSPS) is 9.80. The molecule has 4 heteroatoms. The third-order valence-electron chi connectivity index (χ3n) is 1.79. The van der Waals surface area contributed by atoms with Crippen molar-refractivity contribution in [3.8, 4) is 0 Å². The van der Waals surface area contributed by atoms with Crippen LogP contribution < -0.4 is 0 Å². The van der Waals surface area contributed by atoms with E-state index in [1.54, 1.807) is 23.5 Å². The number of Topliss-reactive ketones (excluding diaryl/α,β-unsaturated/α-hetero) is 1. The highest BCUT2D eigenvalue weighted by Crippen LogP contribution is 2.32. The van der Waals surface area contributed by atoms with Crippen LogP contribution in [0.4, 0.5) is 0 Å². The molecule has 0 N–H and O–H groups in total. The van der Waals surface area contributed by atoms with Crippen molar-refractivity contribution in [2.45, 2.75) is 0 Å². The number of allylic oxidation sites excluding steroid dienone is 1. The number of ketones is 1. The van der Waals surface area contributed by atoms with Gasteiger partial charge in [0.1, 0.15) is 0 Å². The van der Waals surface area contributed by atoms with Gasteiger partial charge in [0.2, 0.25) is 5.78 Å². The van der Waals surface area contributed by atoms with Crippen molar-refractivity contribution in [1.29, 1.82) is 0 Å². The molecule has 0 aliphatic heterocycles. The molecule has 0 aliphatic rings. The molecular weight excluding hydrogens is 292 g/mol. The van der Waals surface area contributed by atoms with Crippen LogP contribution in [-0.2, 0) is 0 Å². The van der Waals surface area contributed by atoms with Crippen molar-refractivity contribution < 1.29 is 4.79 Å². The van der Waals surface area contributed by atoms with Crippen molar-refractivity contribution in [3.05, 3.63) is 44.6 Å². The average Bonchev–Trinajstić information content (AvgIpc) is 2.30. The summed E-state index contributed by atoms with van der Waals surface area (Å²) in [4.78, 5) is 12.0. The van der Waals surface area contributed by atoms with Gasteiger partial charge < -0.3 is 0 Å². The molecule has 0 unspecified atom stereocenters. The molecule has 0 saturated carbocycles. The maximum absolute atomic E-state index is 12.0. The summed E-state index contributed by atoms with van der Waals surface area (Å²) >= 11 is 6.51. The van der Waals surface area contributed by atoms with Crippen molar-refractivity contribution in [3.63, 3.8) is 0 Å². The maximum atomic E-state index is 12.0. The lowest BCUT2D eigenvalue weighted by Gasteiger charge is -2.04. The van der Waals surface area contributed by atoms with Crippen LogP contribution in [0.3, 0.4) is 0 Å². The van der Waals surface area contributed by atoms with E-state index in [1.807, 2.05) is 42.8 Å². The third kappa shape index (κ3) is 3.40. The first-order chi connectivity index (χ1) is 7.20. The molecule has 80 valence electrons. The van der Waals surface area contributed by atoms with E-state index in [4.69, 9.17) is 0 Å². The van der Waals surface area contributed by atoms with Gasteiger partial charge in [-0.05, 0) is 28.4 Å². The lowest BCUT2D eigenvalue weighted by Crippen LogP contribution is -1.99. The van der Waals surface area contributed by atoms with Gasteiger partial charge >= 0.3 is 0 Å². The number of halogens is 1. The van der Waals surface area contributed by atoms with Crippen molar-refractivity contribution >= 4 is 45.2 Å². The second-order valence-corrected chi connectivity index (χ2v) is 5.39. The highest BCUT2D eigenvalue weighted by atomic mass is 79.9. The number of carbonyl (C=O) groups excluding carboxylic acids is 1. The summed E-state index contributed by atoms with van der Waals surface area (Å²) in [6.07, 6.45) is 3.93. The minimum Gasteiger partial charge on any atom is -0.288 e. The Balaban J connectivity index is 3.00. The minimum absolute atomic E-state index is 0.0364. The van der Waals surface area contributed by atoms with Gasteiger partial charge in [-0.15, -0.1) is 23.5 Å². The maximum Gasteiger partial charge on any atom is 0.201 e. The van der Waals surface area contributed by atoms with E-state index in [-0.39, 0.29) is 5.78 Å². The van der Waals surface area contributed by atoms with Crippen LogP contribution in [0, 0.1) is 0 Å². The Kier molecular flexibility index (Phi) is 5.50. The van der Waals surface area contributed by atoms with Gasteiger partial charge in [0.15, 0.2) is 0 Å². The summed E-state index contributed by atoms with van der Waals surface area (Å²) in [5.74, 6) is 0.0364. The molecule has 1 nitrogen and oxygen atoms in total. The number of benzene rings is 1. The number of hydrogen-bond donors (Lipinski definition) is 0. The second kappa shape index (κ2) is 6.40. The van der Waals surface area contributed by atoms with Gasteiger partial charge in [-0.1, -0.05) is 30.3 Å². The molecule has 1 aromatic rings. The van der Waals surface area contributed by atoms with Crippen LogP contribution in [0.5, 0.6) is 0 Å². The largest absolute Gasteiger partial charge is 0.288 e. The van der Waals surface area contributed by atoms with E-state index in [0.29, 0.717) is 10.0 Å². The molecule has 0 saturated heterocycles. The first kappa shape index (κ1) is 12.9. The predicted octanol–water partition coefficient (Wildman–Crippen LogP) is 4.16. The van der Waals surface area contributed by atoms with Crippen LogP contribution in [0.15, 0.2) is 39.1 Å². The standard InChI is InChI=1S/C11H11BrOS2/c1-14-11(15-2)9(12)10(13)8-6-4-3-5-7-8/h3-7H,1-2H3. The monoisotopic (exact) mass is 302 g/mol. The van der Waals surface area contributed by atoms with E-state index < -0.39 is 0 Å². The second-order valence-electron chi connectivity index (χ2n) is 2.70. The average molecular weight is 303 g/mol. The smallest absolute Gasteiger partial charge is 0.201 e. The summed E-state index contributed by atoms with van der Waals surface area (Å²) in [7, 11) is 0. The van der Waals surface area contributed by atoms with Gasteiger partial charge in [0.25, 0.3) is 0 Å². The van der Waals surface area contributed by atoms with Gasteiger partial charge in [-0.2, -0.15) is 0 Å². The summed E-state index contributed by atoms with van der Waals surface area (Å²) in [5, 5.41) is 0. The number of carbonyl (C=O) groups is 1. The Bertz CT molecular complexity index is 367. The van der Waals surface area contributed by atoms with Crippen LogP contribution in [-0.4, -0.2) is 18.3 Å². The zero-order valence-corrected chi connectivity index (χ0v) is 11.7. The van der Waals surface area contributed by atoms with E-state index in [2.05, 4.69) is 15.9 Å². The van der Waals surface area contributed by atoms with Crippen LogP contribution >= 0.6 is 39.5 Å². The fourth-order valence-electron chi connectivity index (χ4n) is 1.07. The highest BCUT2D eigenvalue weighted by Gasteiger charge is 2.13. The Morgan fingerprint density at radius 1 is 1.13 bits per heavy atom. The predicted molar refractivity (Wildman–Crippen MR) is 73.8 cm³/mol. The minimum atomic E-state index is 0.0364. The van der Waals surface area contributed by atoms with E-state index >= 15 is 0 Å². The van der Waals surface area contributed by atoms with Crippen LogP contribution in [0.25, 0.3) is 0 Å². The van der Waals surface area contributed by atoms with Gasteiger partial charge in [-0.25, -0.2) is 0 Å². The Morgan fingerprint density at radius 3 is 2.13 bits per heavy atom. The highest BCUT2D eigenvalue weighted by molar-refractivity contribution is 9.12. The molecule has 0 atom stereocenters. The van der Waals surface area contributed by atoms with Crippen molar-refractivity contribution in [1.82, 2.24) is 0 Å². The van der Waals surface area contributed by atoms with Crippen molar-refractivity contribution in [2.75, 3.05) is 12.5 Å². The third-order valence-corrected chi connectivity index (χ3v) is 5.22. The van der Waals surface area contributed by atoms with Crippen LogP contribution in [0.1, 0.15) is 10.4 Å². The summed E-state index contributed by atoms with van der Waals surface area (Å²) in [6, 6.07) is 9.28. The molecule has 0 heterocycles. The fraction of sp³-hybridized carbons (Fsp3) is 0.182. The lowest BCUT2D eigenvalue weighted by atomic mass is 10.1. The molecule has 1 aromatic carbocycles. The lowest BCUT2D eigenvalue weighted by molar-refractivity contribution is 0.104. The van der Waals surface area contributed by atoms with Gasteiger partial charge in [0.05, 0.1) is 8.72 Å². The number of rotatable bonds is 4. The summed E-state index contributed by atoms with van der Waals surface area (Å²) < 4.78 is 1.65. The van der Waals surface area contributed by atoms with Gasteiger partial charge in [0, 0.05) is 5.56 Å². The molecule has 0 fully saturated rings. The number of hydrogen-bond acceptors (Lipinski definition) is 3. The molecule has 15 heavy (non-hydrogen) atoms. The fourth-order valence-corrected chi connectivity index (χ4v) is 3.48.